The third-order valence-electron chi connectivity index (χ3n) is 4.17. The van der Waals surface area contributed by atoms with E-state index in [4.69, 9.17) is 9.47 Å². The van der Waals surface area contributed by atoms with Crippen LogP contribution in [-0.2, 0) is 9.47 Å². The first-order valence-electron chi connectivity index (χ1n) is 6.98. The zero-order chi connectivity index (χ0) is 14.8. The largest absolute Gasteiger partial charge is 0.353 e. The number of carbonyl (C=O) groups excluding carboxylic acids is 1. The summed E-state index contributed by atoms with van der Waals surface area (Å²) < 4.78 is 10.9. The number of rotatable bonds is 3. The lowest BCUT2D eigenvalue weighted by Crippen LogP contribution is -2.48. The van der Waals surface area contributed by atoms with Crippen LogP contribution in [0.25, 0.3) is 0 Å². The third-order valence-corrected chi connectivity index (χ3v) is 4.17. The molecule has 4 heteroatoms. The highest BCUT2D eigenvalue weighted by Crippen LogP contribution is 2.27. The van der Waals surface area contributed by atoms with E-state index in [2.05, 4.69) is 0 Å². The number of hydrogen-bond donors (Lipinski definition) is 0. The van der Waals surface area contributed by atoms with Gasteiger partial charge in [0.15, 0.2) is 5.79 Å². The SMILES string of the molecule is COC1(OC)CCN(C(=O)c2ccc(C)cc2C)CC1. The molecule has 2 rings (SSSR count). The molecule has 0 radical (unpaired) electrons. The summed E-state index contributed by atoms with van der Waals surface area (Å²) in [5, 5.41) is 0. The van der Waals surface area contributed by atoms with Gasteiger partial charge in [-0.2, -0.15) is 0 Å². The molecule has 1 amide bonds. The van der Waals surface area contributed by atoms with Crippen LogP contribution in [0.1, 0.15) is 34.3 Å². The highest BCUT2D eigenvalue weighted by atomic mass is 16.7. The number of ether oxygens (including phenoxy) is 2. The molecule has 4 nitrogen and oxygen atoms in total. The number of methoxy groups -OCH3 is 2. The van der Waals surface area contributed by atoms with Crippen molar-refractivity contribution in [3.05, 3.63) is 34.9 Å². The van der Waals surface area contributed by atoms with Gasteiger partial charge in [-0.25, -0.2) is 0 Å². The van der Waals surface area contributed by atoms with E-state index in [0.717, 1.165) is 11.1 Å². The molecule has 0 aliphatic carbocycles. The molecule has 1 heterocycles. The normalized spacial score (nSPS) is 18.1. The van der Waals surface area contributed by atoms with Gasteiger partial charge in [0.1, 0.15) is 0 Å². The summed E-state index contributed by atoms with van der Waals surface area (Å²) in [4.78, 5) is 14.4. The molecule has 0 atom stereocenters. The predicted octanol–water partition coefficient (Wildman–Crippen LogP) is 2.53. The Morgan fingerprint density at radius 3 is 2.25 bits per heavy atom. The summed E-state index contributed by atoms with van der Waals surface area (Å²) in [7, 11) is 3.32. The molecule has 1 aliphatic heterocycles. The van der Waals surface area contributed by atoms with Gasteiger partial charge in [-0.3, -0.25) is 4.79 Å². The van der Waals surface area contributed by atoms with Crippen LogP contribution in [0.2, 0.25) is 0 Å². The molecule has 0 saturated carbocycles. The maximum absolute atomic E-state index is 12.6. The molecule has 0 N–H and O–H groups in total. The van der Waals surface area contributed by atoms with E-state index in [0.29, 0.717) is 25.9 Å². The van der Waals surface area contributed by atoms with E-state index >= 15 is 0 Å². The van der Waals surface area contributed by atoms with Crippen LogP contribution in [0.4, 0.5) is 0 Å². The van der Waals surface area contributed by atoms with Crippen molar-refractivity contribution >= 4 is 5.91 Å². The van der Waals surface area contributed by atoms with Gasteiger partial charge in [0.2, 0.25) is 0 Å². The molecule has 1 aromatic rings. The summed E-state index contributed by atoms with van der Waals surface area (Å²) in [5.74, 6) is -0.428. The van der Waals surface area contributed by atoms with Gasteiger partial charge in [-0.15, -0.1) is 0 Å². The molecule has 0 aromatic heterocycles. The van der Waals surface area contributed by atoms with Gasteiger partial charge in [0.05, 0.1) is 0 Å². The zero-order valence-electron chi connectivity index (χ0n) is 12.7. The van der Waals surface area contributed by atoms with E-state index in [9.17, 15) is 4.79 Å². The topological polar surface area (TPSA) is 38.8 Å². The number of benzene rings is 1. The number of amides is 1. The van der Waals surface area contributed by atoms with E-state index in [1.165, 1.54) is 5.56 Å². The van der Waals surface area contributed by atoms with Gasteiger partial charge in [0, 0.05) is 45.7 Å². The van der Waals surface area contributed by atoms with Crippen LogP contribution in [0.3, 0.4) is 0 Å². The zero-order valence-corrected chi connectivity index (χ0v) is 12.7. The molecular formula is C16H23NO3. The van der Waals surface area contributed by atoms with Crippen LogP contribution in [0.15, 0.2) is 18.2 Å². The van der Waals surface area contributed by atoms with Gasteiger partial charge >= 0.3 is 0 Å². The molecule has 1 fully saturated rings. The monoisotopic (exact) mass is 277 g/mol. The quantitative estimate of drug-likeness (QED) is 0.797. The summed E-state index contributed by atoms with van der Waals surface area (Å²) in [6.45, 7) is 5.34. The number of carbonyl (C=O) groups is 1. The van der Waals surface area contributed by atoms with Crippen molar-refractivity contribution in [1.29, 1.82) is 0 Å². The van der Waals surface area contributed by atoms with Crippen molar-refractivity contribution in [2.45, 2.75) is 32.5 Å². The average Bonchev–Trinajstić information content (AvgIpc) is 2.47. The van der Waals surface area contributed by atoms with Crippen LogP contribution < -0.4 is 0 Å². The average molecular weight is 277 g/mol. The maximum atomic E-state index is 12.6. The van der Waals surface area contributed by atoms with Crippen LogP contribution >= 0.6 is 0 Å². The van der Waals surface area contributed by atoms with Crippen molar-refractivity contribution in [3.63, 3.8) is 0 Å². The molecular weight excluding hydrogens is 254 g/mol. The first-order chi connectivity index (χ1) is 9.51. The highest BCUT2D eigenvalue weighted by molar-refractivity contribution is 5.95. The Labute approximate surface area is 120 Å². The second-order valence-corrected chi connectivity index (χ2v) is 5.43. The van der Waals surface area contributed by atoms with Crippen LogP contribution in [0, 0.1) is 13.8 Å². The Kier molecular flexibility index (Phi) is 4.45. The molecule has 1 saturated heterocycles. The Morgan fingerprint density at radius 1 is 1.15 bits per heavy atom. The summed E-state index contributed by atoms with van der Waals surface area (Å²) >= 11 is 0. The minimum Gasteiger partial charge on any atom is -0.353 e. The summed E-state index contributed by atoms with van der Waals surface area (Å²) in [6.07, 6.45) is 1.41. The molecule has 110 valence electrons. The molecule has 20 heavy (non-hydrogen) atoms. The Bertz CT molecular complexity index is 484. The Morgan fingerprint density at radius 2 is 1.75 bits per heavy atom. The predicted molar refractivity (Wildman–Crippen MR) is 77.8 cm³/mol. The van der Waals surface area contributed by atoms with Crippen LogP contribution in [0.5, 0.6) is 0 Å². The highest BCUT2D eigenvalue weighted by Gasteiger charge is 2.36. The lowest BCUT2D eigenvalue weighted by Gasteiger charge is -2.39. The van der Waals surface area contributed by atoms with E-state index in [-0.39, 0.29) is 5.91 Å². The number of likely N-dealkylation sites (tertiary alicyclic amines) is 1. The van der Waals surface area contributed by atoms with Gasteiger partial charge in [0.25, 0.3) is 5.91 Å². The van der Waals surface area contributed by atoms with Crippen molar-refractivity contribution in [3.8, 4) is 0 Å². The van der Waals surface area contributed by atoms with Crippen molar-refractivity contribution in [1.82, 2.24) is 4.90 Å². The second kappa shape index (κ2) is 5.94. The van der Waals surface area contributed by atoms with E-state index < -0.39 is 5.79 Å². The number of nitrogens with zero attached hydrogens (tertiary/aromatic N) is 1. The number of piperidine rings is 1. The Hall–Kier alpha value is -1.39. The van der Waals surface area contributed by atoms with E-state index in [1.54, 1.807) is 14.2 Å². The smallest absolute Gasteiger partial charge is 0.254 e. The fourth-order valence-corrected chi connectivity index (χ4v) is 2.77. The molecule has 1 aliphatic rings. The fourth-order valence-electron chi connectivity index (χ4n) is 2.77. The minimum absolute atomic E-state index is 0.100. The first-order valence-corrected chi connectivity index (χ1v) is 6.98. The second-order valence-electron chi connectivity index (χ2n) is 5.43. The van der Waals surface area contributed by atoms with Gasteiger partial charge in [-0.1, -0.05) is 17.7 Å². The molecule has 0 spiro atoms. The van der Waals surface area contributed by atoms with Crippen molar-refractivity contribution < 1.29 is 14.3 Å². The van der Waals surface area contributed by atoms with E-state index in [1.807, 2.05) is 36.9 Å². The molecule has 0 bridgehead atoms. The minimum atomic E-state index is -0.529. The van der Waals surface area contributed by atoms with Gasteiger partial charge < -0.3 is 14.4 Å². The number of hydrogen-bond acceptors (Lipinski definition) is 3. The summed E-state index contributed by atoms with van der Waals surface area (Å²) in [6, 6.07) is 5.95. The van der Waals surface area contributed by atoms with Crippen molar-refractivity contribution in [2.24, 2.45) is 0 Å². The standard InChI is InChI=1S/C16H23NO3/c1-12-5-6-14(13(2)11-12)15(18)17-9-7-16(19-3,20-4)8-10-17/h5-6,11H,7-10H2,1-4H3. The fraction of sp³-hybridized carbons (Fsp3) is 0.562. The molecule has 0 unspecified atom stereocenters. The lowest BCUT2D eigenvalue weighted by molar-refractivity contribution is -0.226. The molecule has 1 aromatic carbocycles. The van der Waals surface area contributed by atoms with Gasteiger partial charge in [-0.05, 0) is 25.5 Å². The Balaban J connectivity index is 2.09. The van der Waals surface area contributed by atoms with Crippen LogP contribution in [-0.4, -0.2) is 43.9 Å². The number of aryl methyl sites for hydroxylation is 2. The maximum Gasteiger partial charge on any atom is 0.254 e. The lowest BCUT2D eigenvalue weighted by atomic mass is 10.0. The first kappa shape index (κ1) is 15.0. The van der Waals surface area contributed by atoms with Crippen molar-refractivity contribution in [2.75, 3.05) is 27.3 Å². The third kappa shape index (κ3) is 2.86. The summed E-state index contributed by atoms with van der Waals surface area (Å²) in [5.41, 5.74) is 3.00.